The lowest BCUT2D eigenvalue weighted by molar-refractivity contribution is 0.414. The lowest BCUT2D eigenvalue weighted by Gasteiger charge is -2.27. The molecule has 0 atom stereocenters. The number of methoxy groups -OCH3 is 1. The van der Waals surface area contributed by atoms with Crippen molar-refractivity contribution in [3.63, 3.8) is 0 Å². The van der Waals surface area contributed by atoms with Gasteiger partial charge >= 0.3 is 0 Å². The van der Waals surface area contributed by atoms with Crippen LogP contribution in [0.4, 0.5) is 0 Å². The van der Waals surface area contributed by atoms with E-state index in [2.05, 4.69) is 48.3 Å². The summed E-state index contributed by atoms with van der Waals surface area (Å²) < 4.78 is 7.33. The fourth-order valence-corrected chi connectivity index (χ4v) is 4.91. The van der Waals surface area contributed by atoms with Gasteiger partial charge < -0.3 is 4.74 Å². The van der Waals surface area contributed by atoms with Gasteiger partial charge in [-0.3, -0.25) is 9.97 Å². The molecular formula is C27H28N4O. The van der Waals surface area contributed by atoms with Gasteiger partial charge in [-0.05, 0) is 69.2 Å². The molecule has 0 radical (unpaired) electrons. The van der Waals surface area contributed by atoms with Gasteiger partial charge in [-0.25, -0.2) is 4.68 Å². The fourth-order valence-electron chi connectivity index (χ4n) is 4.91. The second kappa shape index (κ2) is 8.23. The Hall–Kier alpha value is -3.47. The summed E-state index contributed by atoms with van der Waals surface area (Å²) in [6.07, 6.45) is 6.53. The van der Waals surface area contributed by atoms with Gasteiger partial charge in [-0.2, -0.15) is 5.10 Å². The van der Waals surface area contributed by atoms with Crippen LogP contribution in [0, 0.1) is 13.8 Å². The molecule has 0 aliphatic heterocycles. The number of benzene rings is 1. The summed E-state index contributed by atoms with van der Waals surface area (Å²) >= 11 is 0. The van der Waals surface area contributed by atoms with Crippen LogP contribution >= 0.6 is 0 Å². The number of ether oxygens (including phenoxy) is 1. The SMILES string of the molecule is COc1cccc(-n2ccc(C3(c4cccc(-c5ccc(C)nc5C)n4)CCCC3)n2)c1. The van der Waals surface area contributed by atoms with Crippen LogP contribution in [0.2, 0.25) is 0 Å². The van der Waals surface area contributed by atoms with Gasteiger partial charge in [0.15, 0.2) is 0 Å². The van der Waals surface area contributed by atoms with Gasteiger partial charge in [-0.1, -0.05) is 25.0 Å². The zero-order chi connectivity index (χ0) is 22.1. The molecule has 4 aromatic rings. The van der Waals surface area contributed by atoms with Crippen molar-refractivity contribution in [2.24, 2.45) is 0 Å². The number of aromatic nitrogens is 4. The Morgan fingerprint density at radius 1 is 0.875 bits per heavy atom. The fraction of sp³-hybridized carbons (Fsp3) is 0.296. The number of hydrogen-bond acceptors (Lipinski definition) is 4. The van der Waals surface area contributed by atoms with Crippen molar-refractivity contribution in [2.45, 2.75) is 44.9 Å². The molecule has 0 N–H and O–H groups in total. The maximum Gasteiger partial charge on any atom is 0.121 e. The molecule has 32 heavy (non-hydrogen) atoms. The summed E-state index contributed by atoms with van der Waals surface area (Å²) in [6.45, 7) is 4.07. The Bertz CT molecular complexity index is 1250. The molecular weight excluding hydrogens is 396 g/mol. The Morgan fingerprint density at radius 2 is 1.69 bits per heavy atom. The van der Waals surface area contributed by atoms with Gasteiger partial charge in [0.2, 0.25) is 0 Å². The summed E-state index contributed by atoms with van der Waals surface area (Å²) in [6, 6.07) is 20.7. The van der Waals surface area contributed by atoms with E-state index in [0.29, 0.717) is 0 Å². The van der Waals surface area contributed by atoms with Crippen molar-refractivity contribution in [2.75, 3.05) is 7.11 Å². The molecule has 162 valence electrons. The molecule has 0 unspecified atom stereocenters. The van der Waals surface area contributed by atoms with E-state index in [1.54, 1.807) is 7.11 Å². The molecule has 1 aromatic carbocycles. The van der Waals surface area contributed by atoms with E-state index in [4.69, 9.17) is 14.8 Å². The van der Waals surface area contributed by atoms with Gasteiger partial charge in [0, 0.05) is 29.2 Å². The highest BCUT2D eigenvalue weighted by atomic mass is 16.5. The third-order valence-electron chi connectivity index (χ3n) is 6.59. The van der Waals surface area contributed by atoms with E-state index in [1.807, 2.05) is 42.1 Å². The van der Waals surface area contributed by atoms with E-state index < -0.39 is 0 Å². The molecule has 0 amide bonds. The molecule has 1 fully saturated rings. The summed E-state index contributed by atoms with van der Waals surface area (Å²) in [7, 11) is 1.69. The number of rotatable bonds is 5. The van der Waals surface area contributed by atoms with Crippen molar-refractivity contribution < 1.29 is 4.74 Å². The van der Waals surface area contributed by atoms with Gasteiger partial charge in [0.1, 0.15) is 5.75 Å². The molecule has 0 bridgehead atoms. The Labute approximate surface area is 189 Å². The largest absolute Gasteiger partial charge is 0.497 e. The number of pyridine rings is 2. The summed E-state index contributed by atoms with van der Waals surface area (Å²) in [5, 5.41) is 5.03. The van der Waals surface area contributed by atoms with Crippen LogP contribution in [0.15, 0.2) is 66.9 Å². The van der Waals surface area contributed by atoms with Gasteiger partial charge in [0.05, 0.1) is 35.3 Å². The third-order valence-corrected chi connectivity index (χ3v) is 6.59. The standard InChI is InChI=1S/C27H28N4O/c1-19-12-13-23(20(2)28-19)24-10-7-11-25(29-24)27(15-4-5-16-27)26-14-17-31(30-26)21-8-6-9-22(18-21)32-3/h6-14,17-18H,4-5,15-16H2,1-3H3. The zero-order valence-corrected chi connectivity index (χ0v) is 18.9. The lowest BCUT2D eigenvalue weighted by atomic mass is 9.79. The first-order valence-corrected chi connectivity index (χ1v) is 11.2. The minimum absolute atomic E-state index is 0.161. The predicted octanol–water partition coefficient (Wildman–Crippen LogP) is 5.81. The maximum atomic E-state index is 5.39. The molecule has 0 saturated heterocycles. The Balaban J connectivity index is 1.56. The molecule has 1 saturated carbocycles. The average Bonchev–Trinajstić information content (AvgIpc) is 3.50. The minimum Gasteiger partial charge on any atom is -0.497 e. The Kier molecular flexibility index (Phi) is 5.25. The van der Waals surface area contributed by atoms with E-state index in [1.165, 1.54) is 12.8 Å². The monoisotopic (exact) mass is 424 g/mol. The number of hydrogen-bond donors (Lipinski definition) is 0. The van der Waals surface area contributed by atoms with Crippen molar-refractivity contribution in [1.29, 1.82) is 0 Å². The average molecular weight is 425 g/mol. The molecule has 1 aliphatic rings. The van der Waals surface area contributed by atoms with E-state index >= 15 is 0 Å². The second-order valence-corrected chi connectivity index (χ2v) is 8.63. The lowest BCUT2D eigenvalue weighted by Crippen LogP contribution is -2.26. The summed E-state index contributed by atoms with van der Waals surface area (Å²) in [5.74, 6) is 0.826. The van der Waals surface area contributed by atoms with E-state index in [0.717, 1.165) is 58.3 Å². The number of aryl methyl sites for hydroxylation is 2. The quantitative estimate of drug-likeness (QED) is 0.405. The Morgan fingerprint density at radius 3 is 2.47 bits per heavy atom. The third kappa shape index (κ3) is 3.58. The normalized spacial score (nSPS) is 15.1. The first-order chi connectivity index (χ1) is 15.6. The molecule has 5 heteroatoms. The molecule has 3 heterocycles. The zero-order valence-electron chi connectivity index (χ0n) is 18.9. The molecule has 5 nitrogen and oxygen atoms in total. The maximum absolute atomic E-state index is 5.39. The topological polar surface area (TPSA) is 52.8 Å². The molecule has 5 rings (SSSR count). The van der Waals surface area contributed by atoms with Crippen LogP contribution in [0.3, 0.4) is 0 Å². The minimum atomic E-state index is -0.161. The van der Waals surface area contributed by atoms with Crippen LogP contribution < -0.4 is 4.74 Å². The van der Waals surface area contributed by atoms with Crippen molar-refractivity contribution in [3.05, 3.63) is 89.6 Å². The van der Waals surface area contributed by atoms with Gasteiger partial charge in [-0.15, -0.1) is 0 Å². The molecule has 3 aromatic heterocycles. The van der Waals surface area contributed by atoms with Crippen molar-refractivity contribution in [1.82, 2.24) is 19.7 Å². The van der Waals surface area contributed by atoms with Crippen LogP contribution in [0.25, 0.3) is 16.9 Å². The van der Waals surface area contributed by atoms with E-state index in [-0.39, 0.29) is 5.41 Å². The van der Waals surface area contributed by atoms with Crippen molar-refractivity contribution in [3.8, 4) is 22.7 Å². The summed E-state index contributed by atoms with van der Waals surface area (Å²) in [5.41, 5.74) is 7.12. The van der Waals surface area contributed by atoms with Gasteiger partial charge in [0.25, 0.3) is 0 Å². The smallest absolute Gasteiger partial charge is 0.121 e. The predicted molar refractivity (Wildman–Crippen MR) is 126 cm³/mol. The van der Waals surface area contributed by atoms with Crippen LogP contribution in [-0.2, 0) is 5.41 Å². The first kappa shape index (κ1) is 20.4. The van der Waals surface area contributed by atoms with E-state index in [9.17, 15) is 0 Å². The molecule has 0 spiro atoms. The van der Waals surface area contributed by atoms with Crippen molar-refractivity contribution >= 4 is 0 Å². The van der Waals surface area contributed by atoms with Crippen LogP contribution in [0.5, 0.6) is 5.75 Å². The highest BCUT2D eigenvalue weighted by Gasteiger charge is 2.41. The van der Waals surface area contributed by atoms with Crippen LogP contribution in [0.1, 0.15) is 48.5 Å². The highest BCUT2D eigenvalue weighted by Crippen LogP contribution is 2.45. The summed E-state index contributed by atoms with van der Waals surface area (Å²) in [4.78, 5) is 9.80. The highest BCUT2D eigenvalue weighted by molar-refractivity contribution is 5.62. The van der Waals surface area contributed by atoms with Crippen LogP contribution in [-0.4, -0.2) is 26.9 Å². The first-order valence-electron chi connectivity index (χ1n) is 11.2. The number of nitrogens with zero attached hydrogens (tertiary/aromatic N) is 4. The second-order valence-electron chi connectivity index (χ2n) is 8.63. The molecule has 1 aliphatic carbocycles.